The van der Waals surface area contributed by atoms with Crippen LogP contribution in [0.15, 0.2) is 48.5 Å². The zero-order valence-electron chi connectivity index (χ0n) is 29.0. The quantitative estimate of drug-likeness (QED) is 0.0859. The number of hydrogen-bond acceptors (Lipinski definition) is 4. The van der Waals surface area contributed by atoms with Gasteiger partial charge in [-0.05, 0) is 85.8 Å². The van der Waals surface area contributed by atoms with E-state index in [9.17, 15) is 0 Å². The third-order valence-electron chi connectivity index (χ3n) is 8.60. The first-order chi connectivity index (χ1) is 21.6. The molecule has 2 rings (SSSR count). The number of hydrogen-bond donors (Lipinski definition) is 0. The fraction of sp³-hybridized carbons (Fsp3) is 0.700. The fourth-order valence-corrected chi connectivity index (χ4v) is 5.27. The van der Waals surface area contributed by atoms with Gasteiger partial charge < -0.3 is 18.9 Å². The molecule has 2 unspecified atom stereocenters. The van der Waals surface area contributed by atoms with E-state index in [1.165, 1.54) is 88.2 Å². The second kappa shape index (κ2) is 26.2. The predicted octanol–water partition coefficient (Wildman–Crippen LogP) is 11.7. The van der Waals surface area contributed by atoms with Crippen LogP contribution in [0.25, 0.3) is 11.1 Å². The molecule has 0 saturated carbocycles. The topological polar surface area (TPSA) is 36.9 Å². The molecule has 0 aromatic heterocycles. The van der Waals surface area contributed by atoms with E-state index in [1.807, 2.05) is 0 Å². The molecule has 0 spiro atoms. The molecule has 2 aromatic carbocycles. The lowest BCUT2D eigenvalue weighted by atomic mass is 10.0. The van der Waals surface area contributed by atoms with Crippen LogP contribution in [0.3, 0.4) is 0 Å². The number of ether oxygens (including phenoxy) is 4. The van der Waals surface area contributed by atoms with Gasteiger partial charge in [-0.2, -0.15) is 0 Å². The Labute approximate surface area is 271 Å². The van der Waals surface area contributed by atoms with Gasteiger partial charge in [-0.25, -0.2) is 0 Å². The highest BCUT2D eigenvalue weighted by Gasteiger charge is 2.06. The molecule has 250 valence electrons. The molecule has 2 atom stereocenters. The Morgan fingerprint density at radius 1 is 0.409 bits per heavy atom. The molecule has 0 fully saturated rings. The van der Waals surface area contributed by atoms with Crippen LogP contribution in [0.4, 0.5) is 0 Å². The molecular weight excluding hydrogens is 544 g/mol. The van der Waals surface area contributed by atoms with Crippen molar-refractivity contribution in [2.75, 3.05) is 39.6 Å². The first kappa shape index (κ1) is 38.1. The van der Waals surface area contributed by atoms with Crippen LogP contribution in [0.5, 0.6) is 11.5 Å². The van der Waals surface area contributed by atoms with Gasteiger partial charge in [0.15, 0.2) is 0 Å². The molecule has 2 aromatic rings. The Hall–Kier alpha value is -2.04. The smallest absolute Gasteiger partial charge is 0.119 e. The van der Waals surface area contributed by atoms with E-state index < -0.39 is 0 Å². The highest BCUT2D eigenvalue weighted by Crippen LogP contribution is 2.25. The lowest BCUT2D eigenvalue weighted by Crippen LogP contribution is -2.08. The number of rotatable bonds is 29. The van der Waals surface area contributed by atoms with Crippen molar-refractivity contribution in [3.63, 3.8) is 0 Å². The van der Waals surface area contributed by atoms with Gasteiger partial charge in [-0.1, -0.05) is 116 Å². The summed E-state index contributed by atoms with van der Waals surface area (Å²) in [6.45, 7) is 14.2. The van der Waals surface area contributed by atoms with Crippen LogP contribution in [-0.2, 0) is 9.47 Å². The van der Waals surface area contributed by atoms with Crippen LogP contribution in [0.2, 0.25) is 0 Å². The Balaban J connectivity index is 1.52. The van der Waals surface area contributed by atoms with Gasteiger partial charge in [-0.15, -0.1) is 0 Å². The lowest BCUT2D eigenvalue weighted by molar-refractivity contribution is 0.114. The Morgan fingerprint density at radius 3 is 1.14 bits per heavy atom. The summed E-state index contributed by atoms with van der Waals surface area (Å²) in [6, 6.07) is 16.9. The van der Waals surface area contributed by atoms with Gasteiger partial charge in [0, 0.05) is 26.4 Å². The van der Waals surface area contributed by atoms with Crippen molar-refractivity contribution in [3.8, 4) is 22.6 Å². The molecule has 0 saturated heterocycles. The van der Waals surface area contributed by atoms with Crippen LogP contribution >= 0.6 is 0 Å². The van der Waals surface area contributed by atoms with Crippen LogP contribution in [-0.4, -0.2) is 39.6 Å². The second-order valence-corrected chi connectivity index (χ2v) is 12.9. The average molecular weight is 611 g/mol. The van der Waals surface area contributed by atoms with Gasteiger partial charge in [0.25, 0.3) is 0 Å². The van der Waals surface area contributed by atoms with Crippen molar-refractivity contribution in [3.05, 3.63) is 48.5 Å². The largest absolute Gasteiger partial charge is 0.494 e. The molecule has 0 heterocycles. The maximum atomic E-state index is 6.03. The molecule has 4 nitrogen and oxygen atoms in total. The van der Waals surface area contributed by atoms with Gasteiger partial charge in [0.2, 0.25) is 0 Å². The van der Waals surface area contributed by atoms with E-state index in [1.54, 1.807) is 0 Å². The van der Waals surface area contributed by atoms with Crippen LogP contribution in [0.1, 0.15) is 130 Å². The lowest BCUT2D eigenvalue weighted by Gasteiger charge is -2.13. The molecule has 0 aliphatic carbocycles. The molecule has 0 amide bonds. The molecule has 0 aliphatic heterocycles. The molecule has 44 heavy (non-hydrogen) atoms. The first-order valence-corrected chi connectivity index (χ1v) is 18.2. The van der Waals surface area contributed by atoms with Gasteiger partial charge in [0.05, 0.1) is 13.2 Å². The van der Waals surface area contributed by atoms with E-state index in [0.29, 0.717) is 11.8 Å². The summed E-state index contributed by atoms with van der Waals surface area (Å²) in [6.07, 6.45) is 20.1. The van der Waals surface area contributed by atoms with Gasteiger partial charge in [-0.3, -0.25) is 0 Å². The zero-order valence-corrected chi connectivity index (χ0v) is 29.0. The third kappa shape index (κ3) is 19.4. The SMILES string of the molecule is CCCCCCCCOCCC(C)CCOc1ccc(-c2ccc(OCCC(C)CCOCCCCCCCC)cc2)cc1. The molecule has 0 N–H and O–H groups in total. The fourth-order valence-electron chi connectivity index (χ4n) is 5.27. The summed E-state index contributed by atoms with van der Waals surface area (Å²) >= 11 is 0. The van der Waals surface area contributed by atoms with E-state index in [0.717, 1.165) is 76.8 Å². The van der Waals surface area contributed by atoms with Crippen molar-refractivity contribution >= 4 is 0 Å². The molecule has 0 bridgehead atoms. The summed E-state index contributed by atoms with van der Waals surface area (Å²) in [5.74, 6) is 3.08. The number of unbranched alkanes of at least 4 members (excludes halogenated alkanes) is 10. The third-order valence-corrected chi connectivity index (χ3v) is 8.60. The van der Waals surface area contributed by atoms with E-state index in [2.05, 4.69) is 76.2 Å². The highest BCUT2D eigenvalue weighted by atomic mass is 16.5. The minimum absolute atomic E-state index is 0.608. The van der Waals surface area contributed by atoms with Crippen molar-refractivity contribution in [2.24, 2.45) is 11.8 Å². The van der Waals surface area contributed by atoms with Crippen molar-refractivity contribution in [1.29, 1.82) is 0 Å². The maximum Gasteiger partial charge on any atom is 0.119 e. The molecule has 0 aliphatic rings. The predicted molar refractivity (Wildman–Crippen MR) is 188 cm³/mol. The standard InChI is InChI=1S/C40H66O4/c1-5-7-9-11-13-15-29-41-31-25-35(3)27-33-43-39-21-17-37(18-22-39)38-19-23-40(24-20-38)44-34-28-36(4)26-32-42-30-16-14-12-10-8-6-2/h17-24,35-36H,5-16,25-34H2,1-4H3. The first-order valence-electron chi connectivity index (χ1n) is 18.2. The number of benzene rings is 2. The van der Waals surface area contributed by atoms with Crippen molar-refractivity contribution in [2.45, 2.75) is 130 Å². The van der Waals surface area contributed by atoms with Crippen LogP contribution in [0, 0.1) is 11.8 Å². The summed E-state index contributed by atoms with van der Waals surface area (Å²) in [7, 11) is 0. The molecular formula is C40H66O4. The Bertz CT molecular complexity index is 819. The average Bonchev–Trinajstić information content (AvgIpc) is 3.04. The minimum Gasteiger partial charge on any atom is -0.494 e. The normalized spacial score (nSPS) is 12.7. The summed E-state index contributed by atoms with van der Waals surface area (Å²) < 4.78 is 23.8. The van der Waals surface area contributed by atoms with E-state index >= 15 is 0 Å². The van der Waals surface area contributed by atoms with E-state index in [-0.39, 0.29) is 0 Å². The van der Waals surface area contributed by atoms with Gasteiger partial charge >= 0.3 is 0 Å². The summed E-state index contributed by atoms with van der Waals surface area (Å²) in [4.78, 5) is 0. The Kier molecular flexibility index (Phi) is 22.7. The minimum atomic E-state index is 0.608. The summed E-state index contributed by atoms with van der Waals surface area (Å²) in [5, 5.41) is 0. The summed E-state index contributed by atoms with van der Waals surface area (Å²) in [5.41, 5.74) is 2.38. The monoisotopic (exact) mass is 610 g/mol. The van der Waals surface area contributed by atoms with Gasteiger partial charge in [0.1, 0.15) is 11.5 Å². The second-order valence-electron chi connectivity index (χ2n) is 12.9. The van der Waals surface area contributed by atoms with Crippen molar-refractivity contribution in [1.82, 2.24) is 0 Å². The van der Waals surface area contributed by atoms with E-state index in [4.69, 9.17) is 18.9 Å². The molecule has 4 heteroatoms. The zero-order chi connectivity index (χ0) is 31.5. The van der Waals surface area contributed by atoms with Crippen molar-refractivity contribution < 1.29 is 18.9 Å². The Morgan fingerprint density at radius 2 is 0.750 bits per heavy atom. The molecule has 0 radical (unpaired) electrons. The maximum absolute atomic E-state index is 6.03. The van der Waals surface area contributed by atoms with Crippen LogP contribution < -0.4 is 9.47 Å². The highest BCUT2D eigenvalue weighted by molar-refractivity contribution is 5.64.